The predicted octanol–water partition coefficient (Wildman–Crippen LogP) is 1.71. The van der Waals surface area contributed by atoms with Gasteiger partial charge in [0.25, 0.3) is 12.3 Å². The van der Waals surface area contributed by atoms with Crippen molar-refractivity contribution >= 4 is 11.9 Å². The Morgan fingerprint density at radius 2 is 2.18 bits per heavy atom. The van der Waals surface area contributed by atoms with Crippen LogP contribution in [0.2, 0.25) is 0 Å². The first kappa shape index (κ1) is 13.1. The van der Waals surface area contributed by atoms with Gasteiger partial charge >= 0.3 is 5.97 Å². The average Bonchev–Trinajstić information content (AvgIpc) is 2.73. The Bertz CT molecular complexity index is 416. The van der Waals surface area contributed by atoms with Gasteiger partial charge in [-0.15, -0.1) is 0 Å². The summed E-state index contributed by atoms with van der Waals surface area (Å²) >= 11 is 0. The van der Waals surface area contributed by atoms with E-state index in [9.17, 15) is 18.4 Å². The number of carboxylic acid groups (broad SMARTS) is 1. The molecule has 1 amide bonds. The number of rotatable bonds is 5. The van der Waals surface area contributed by atoms with Gasteiger partial charge in [0.15, 0.2) is 5.76 Å². The molecule has 0 aliphatic carbocycles. The SMILES string of the molecule is CCN(CC(F)F)C(=O)c1cc(C(=O)O)co1. The fourth-order valence-corrected chi connectivity index (χ4v) is 1.24. The summed E-state index contributed by atoms with van der Waals surface area (Å²) in [7, 11) is 0. The van der Waals surface area contributed by atoms with Crippen molar-refractivity contribution in [3.05, 3.63) is 23.7 Å². The van der Waals surface area contributed by atoms with Crippen LogP contribution in [-0.2, 0) is 0 Å². The highest BCUT2D eigenvalue weighted by Gasteiger charge is 2.22. The van der Waals surface area contributed by atoms with Gasteiger partial charge in [0, 0.05) is 12.6 Å². The first-order valence-electron chi connectivity index (χ1n) is 4.85. The molecule has 1 N–H and O–H groups in total. The number of alkyl halides is 2. The number of carboxylic acids is 1. The summed E-state index contributed by atoms with van der Waals surface area (Å²) in [5.74, 6) is -2.25. The molecular weight excluding hydrogens is 236 g/mol. The van der Waals surface area contributed by atoms with Crippen molar-refractivity contribution in [3.8, 4) is 0 Å². The zero-order chi connectivity index (χ0) is 13.0. The molecule has 1 aromatic heterocycles. The zero-order valence-corrected chi connectivity index (χ0v) is 9.02. The molecule has 1 heterocycles. The molecular formula is C10H11F2NO4. The average molecular weight is 247 g/mol. The second-order valence-electron chi connectivity index (χ2n) is 3.24. The number of hydrogen-bond donors (Lipinski definition) is 1. The third kappa shape index (κ3) is 3.27. The Hall–Kier alpha value is -1.92. The number of furan rings is 1. The van der Waals surface area contributed by atoms with Crippen molar-refractivity contribution in [1.29, 1.82) is 0 Å². The highest BCUT2D eigenvalue weighted by atomic mass is 19.3. The Labute approximate surface area is 95.6 Å². The maximum Gasteiger partial charge on any atom is 0.338 e. The highest BCUT2D eigenvalue weighted by molar-refractivity contribution is 5.95. The molecule has 7 heteroatoms. The van der Waals surface area contributed by atoms with Crippen LogP contribution < -0.4 is 0 Å². The van der Waals surface area contributed by atoms with Crippen molar-refractivity contribution in [2.24, 2.45) is 0 Å². The lowest BCUT2D eigenvalue weighted by molar-refractivity contribution is 0.0542. The molecule has 0 aromatic carbocycles. The maximum absolute atomic E-state index is 12.2. The minimum Gasteiger partial charge on any atom is -0.478 e. The largest absolute Gasteiger partial charge is 0.478 e. The summed E-state index contributed by atoms with van der Waals surface area (Å²) in [4.78, 5) is 23.1. The lowest BCUT2D eigenvalue weighted by Crippen LogP contribution is -2.34. The molecule has 0 fully saturated rings. The minimum absolute atomic E-state index is 0.0896. The number of hydrogen-bond acceptors (Lipinski definition) is 3. The molecule has 0 saturated carbocycles. The van der Waals surface area contributed by atoms with Crippen LogP contribution >= 0.6 is 0 Å². The zero-order valence-electron chi connectivity index (χ0n) is 9.02. The highest BCUT2D eigenvalue weighted by Crippen LogP contribution is 2.12. The van der Waals surface area contributed by atoms with Gasteiger partial charge in [0.05, 0.1) is 12.1 Å². The van der Waals surface area contributed by atoms with Crippen molar-refractivity contribution in [3.63, 3.8) is 0 Å². The second-order valence-corrected chi connectivity index (χ2v) is 3.24. The smallest absolute Gasteiger partial charge is 0.338 e. The molecule has 5 nitrogen and oxygen atoms in total. The van der Waals surface area contributed by atoms with Crippen LogP contribution in [0, 0.1) is 0 Å². The number of nitrogens with zero attached hydrogens (tertiary/aromatic N) is 1. The Kier molecular flexibility index (Phi) is 4.19. The van der Waals surface area contributed by atoms with E-state index in [1.165, 1.54) is 0 Å². The van der Waals surface area contributed by atoms with E-state index in [1.807, 2.05) is 0 Å². The fourth-order valence-electron chi connectivity index (χ4n) is 1.24. The molecule has 0 aliphatic rings. The van der Waals surface area contributed by atoms with Crippen molar-refractivity contribution in [1.82, 2.24) is 4.90 Å². The summed E-state index contributed by atoms with van der Waals surface area (Å²) in [5, 5.41) is 8.62. The monoisotopic (exact) mass is 247 g/mol. The molecule has 1 rings (SSSR count). The second kappa shape index (κ2) is 5.42. The van der Waals surface area contributed by atoms with E-state index in [0.29, 0.717) is 0 Å². The van der Waals surface area contributed by atoms with Crippen LogP contribution in [0.5, 0.6) is 0 Å². The van der Waals surface area contributed by atoms with Crippen LogP contribution in [0.1, 0.15) is 27.8 Å². The Morgan fingerprint density at radius 3 is 2.59 bits per heavy atom. The van der Waals surface area contributed by atoms with Crippen molar-refractivity contribution in [2.45, 2.75) is 13.3 Å². The number of halogens is 2. The molecule has 0 radical (unpaired) electrons. The first-order valence-corrected chi connectivity index (χ1v) is 4.85. The van der Waals surface area contributed by atoms with E-state index in [2.05, 4.69) is 0 Å². The van der Waals surface area contributed by atoms with E-state index >= 15 is 0 Å². The normalized spacial score (nSPS) is 10.6. The Balaban J connectivity index is 2.82. The topological polar surface area (TPSA) is 70.8 Å². The van der Waals surface area contributed by atoms with E-state index in [0.717, 1.165) is 17.2 Å². The summed E-state index contributed by atoms with van der Waals surface area (Å²) in [6.45, 7) is 0.923. The van der Waals surface area contributed by atoms with Crippen molar-refractivity contribution < 1.29 is 27.9 Å². The van der Waals surface area contributed by atoms with Gasteiger partial charge in [-0.2, -0.15) is 0 Å². The van der Waals surface area contributed by atoms with Crippen LogP contribution in [-0.4, -0.2) is 41.4 Å². The number of carbonyl (C=O) groups excluding carboxylic acids is 1. The molecule has 94 valence electrons. The van der Waals surface area contributed by atoms with Gasteiger partial charge in [-0.3, -0.25) is 4.79 Å². The molecule has 0 unspecified atom stereocenters. The van der Waals surface area contributed by atoms with Crippen LogP contribution in [0.15, 0.2) is 16.7 Å². The molecule has 17 heavy (non-hydrogen) atoms. The number of carbonyl (C=O) groups is 2. The number of amides is 1. The first-order chi connectivity index (χ1) is 7.95. The molecule has 0 spiro atoms. The van der Waals surface area contributed by atoms with Gasteiger partial charge in [0.1, 0.15) is 6.26 Å². The molecule has 0 saturated heterocycles. The van der Waals surface area contributed by atoms with Crippen LogP contribution in [0.3, 0.4) is 0 Å². The van der Waals surface area contributed by atoms with Crippen LogP contribution in [0.4, 0.5) is 8.78 Å². The lowest BCUT2D eigenvalue weighted by Gasteiger charge is -2.18. The molecule has 1 aromatic rings. The van der Waals surface area contributed by atoms with E-state index < -0.39 is 24.8 Å². The van der Waals surface area contributed by atoms with E-state index in [4.69, 9.17) is 9.52 Å². The van der Waals surface area contributed by atoms with E-state index in [-0.39, 0.29) is 17.9 Å². The number of aromatic carboxylic acids is 1. The summed E-state index contributed by atoms with van der Waals surface area (Å²) in [5.41, 5.74) is -0.193. The van der Waals surface area contributed by atoms with Gasteiger partial charge < -0.3 is 14.4 Å². The fraction of sp³-hybridized carbons (Fsp3) is 0.400. The van der Waals surface area contributed by atoms with E-state index in [1.54, 1.807) is 6.92 Å². The van der Waals surface area contributed by atoms with Gasteiger partial charge in [-0.05, 0) is 6.92 Å². The molecule has 0 bridgehead atoms. The van der Waals surface area contributed by atoms with Gasteiger partial charge in [0.2, 0.25) is 0 Å². The summed E-state index contributed by atoms with van der Waals surface area (Å²) in [6, 6.07) is 1.01. The lowest BCUT2D eigenvalue weighted by atomic mass is 10.3. The molecule has 0 atom stereocenters. The minimum atomic E-state index is -2.65. The maximum atomic E-state index is 12.2. The third-order valence-electron chi connectivity index (χ3n) is 2.08. The van der Waals surface area contributed by atoms with Crippen molar-refractivity contribution in [2.75, 3.05) is 13.1 Å². The third-order valence-corrected chi connectivity index (χ3v) is 2.08. The van der Waals surface area contributed by atoms with Crippen LogP contribution in [0.25, 0.3) is 0 Å². The van der Waals surface area contributed by atoms with Gasteiger partial charge in [-0.1, -0.05) is 0 Å². The standard InChI is InChI=1S/C10H11F2NO4/c1-2-13(4-8(11)12)9(14)7-3-6(5-17-7)10(15)16/h3,5,8H,2,4H2,1H3,(H,15,16). The summed E-state index contributed by atoms with van der Waals surface area (Å²) in [6.07, 6.45) is -1.75. The van der Waals surface area contributed by atoms with Gasteiger partial charge in [-0.25, -0.2) is 13.6 Å². The Morgan fingerprint density at radius 1 is 1.53 bits per heavy atom. The predicted molar refractivity (Wildman–Crippen MR) is 53.2 cm³/mol. The summed E-state index contributed by atoms with van der Waals surface area (Å²) < 4.78 is 29.1. The quantitative estimate of drug-likeness (QED) is 0.859. The molecule has 0 aliphatic heterocycles.